The molecule has 1 N–H and O–H groups in total. The minimum Gasteiger partial charge on any atom is -0.396 e. The van der Waals surface area contributed by atoms with Gasteiger partial charge in [-0.3, -0.25) is 4.79 Å². The van der Waals surface area contributed by atoms with Crippen LogP contribution in [0.15, 0.2) is 16.1 Å². The zero-order valence-electron chi connectivity index (χ0n) is 8.38. The zero-order chi connectivity index (χ0) is 12.0. The van der Waals surface area contributed by atoms with Crippen LogP contribution in [0.3, 0.4) is 0 Å². The number of hydrogen-bond donors (Lipinski definition) is 1. The van der Waals surface area contributed by atoms with Crippen molar-refractivity contribution in [2.24, 2.45) is 5.11 Å². The molecule has 0 atom stereocenters. The molecule has 86 valence electrons. The summed E-state index contributed by atoms with van der Waals surface area (Å²) in [5.41, 5.74) is 7.74. The first-order valence-electron chi connectivity index (χ1n) is 4.62. The monoisotopic (exact) mass is 243 g/mol. The fraction of sp³-hybridized carbons (Fsp3) is 0.500. The van der Waals surface area contributed by atoms with Gasteiger partial charge in [0.15, 0.2) is 0 Å². The van der Waals surface area contributed by atoms with Crippen LogP contribution in [0.4, 0.5) is 5.69 Å². The smallest absolute Gasteiger partial charge is 0.285 e. The van der Waals surface area contributed by atoms with Gasteiger partial charge in [0.05, 0.1) is 11.9 Å². The quantitative estimate of drug-likeness (QED) is 0.368. The number of hydrogen-bond acceptors (Lipinski definition) is 4. The largest absolute Gasteiger partial charge is 0.396 e. The van der Waals surface area contributed by atoms with Crippen molar-refractivity contribution < 1.29 is 5.11 Å². The molecule has 0 radical (unpaired) electrons. The zero-order valence-corrected chi connectivity index (χ0v) is 9.13. The molecule has 16 heavy (non-hydrogen) atoms. The third kappa shape index (κ3) is 2.96. The van der Waals surface area contributed by atoms with E-state index >= 15 is 0 Å². The highest BCUT2D eigenvalue weighted by atomic mass is 35.5. The summed E-state index contributed by atoms with van der Waals surface area (Å²) in [5.74, 6) is 0. The average molecular weight is 244 g/mol. The Hall–Kier alpha value is -1.56. The van der Waals surface area contributed by atoms with Crippen LogP contribution in [0.5, 0.6) is 0 Å². The van der Waals surface area contributed by atoms with E-state index in [0.717, 1.165) is 0 Å². The minimum absolute atomic E-state index is 0.0209. The molecule has 0 aliphatic carbocycles. The summed E-state index contributed by atoms with van der Waals surface area (Å²) < 4.78 is 1.17. The highest BCUT2D eigenvalue weighted by Crippen LogP contribution is 2.18. The molecule has 0 saturated carbocycles. The summed E-state index contributed by atoms with van der Waals surface area (Å²) in [6, 6.07) is 0. The normalized spacial score (nSPS) is 9.88. The van der Waals surface area contributed by atoms with Gasteiger partial charge in [-0.2, -0.15) is 5.10 Å². The number of rotatable bonds is 5. The lowest BCUT2D eigenvalue weighted by molar-refractivity contribution is 0.279. The Bertz CT molecular complexity index is 466. The van der Waals surface area contributed by atoms with Gasteiger partial charge in [0.25, 0.3) is 5.56 Å². The summed E-state index contributed by atoms with van der Waals surface area (Å²) in [5, 5.41) is 15.5. The number of unbranched alkanes of at least 4 members (excludes halogenated alkanes) is 1. The van der Waals surface area contributed by atoms with Crippen molar-refractivity contribution in [2.45, 2.75) is 19.4 Å². The number of aromatic nitrogens is 2. The van der Waals surface area contributed by atoms with Crippen LogP contribution in [-0.4, -0.2) is 21.5 Å². The van der Waals surface area contributed by atoms with Gasteiger partial charge >= 0.3 is 0 Å². The summed E-state index contributed by atoms with van der Waals surface area (Å²) >= 11 is 5.70. The average Bonchev–Trinajstić information content (AvgIpc) is 2.28. The van der Waals surface area contributed by atoms with Gasteiger partial charge in [-0.1, -0.05) is 16.7 Å². The van der Waals surface area contributed by atoms with E-state index < -0.39 is 5.56 Å². The van der Waals surface area contributed by atoms with Gasteiger partial charge in [-0.05, 0) is 18.4 Å². The summed E-state index contributed by atoms with van der Waals surface area (Å²) in [7, 11) is 0. The lowest BCUT2D eigenvalue weighted by atomic mass is 10.3. The van der Waals surface area contributed by atoms with Crippen molar-refractivity contribution in [3.05, 3.63) is 32.0 Å². The number of aliphatic hydroxyl groups excluding tert-OH is 1. The third-order valence-corrected chi connectivity index (χ3v) is 2.25. The fourth-order valence-electron chi connectivity index (χ4n) is 1.11. The molecule has 0 aliphatic heterocycles. The second kappa shape index (κ2) is 6.12. The Morgan fingerprint density at radius 2 is 2.38 bits per heavy atom. The first-order chi connectivity index (χ1) is 7.70. The van der Waals surface area contributed by atoms with Gasteiger partial charge < -0.3 is 5.11 Å². The molecule has 8 heteroatoms. The Balaban J connectivity index is 2.93. The fourth-order valence-corrected chi connectivity index (χ4v) is 1.29. The first kappa shape index (κ1) is 12.5. The molecular formula is C8H10ClN5O2. The third-order valence-electron chi connectivity index (χ3n) is 1.90. The molecule has 0 aliphatic rings. The van der Waals surface area contributed by atoms with E-state index in [1.54, 1.807) is 0 Å². The van der Waals surface area contributed by atoms with Gasteiger partial charge in [0, 0.05) is 18.1 Å². The molecule has 0 amide bonds. The summed E-state index contributed by atoms with van der Waals surface area (Å²) in [6.45, 7) is 0.439. The van der Waals surface area contributed by atoms with Crippen LogP contribution in [0, 0.1) is 0 Å². The molecule has 1 aromatic rings. The summed E-state index contributed by atoms with van der Waals surface area (Å²) in [4.78, 5) is 14.1. The Labute approximate surface area is 95.9 Å². The van der Waals surface area contributed by atoms with E-state index in [1.807, 2.05) is 0 Å². The molecule has 1 aromatic heterocycles. The number of aryl methyl sites for hydroxylation is 1. The number of azide groups is 1. The number of nitrogens with zero attached hydrogens (tertiary/aromatic N) is 5. The van der Waals surface area contributed by atoms with E-state index in [-0.39, 0.29) is 17.3 Å². The van der Waals surface area contributed by atoms with Crippen molar-refractivity contribution in [1.82, 2.24) is 9.78 Å². The highest BCUT2D eigenvalue weighted by molar-refractivity contribution is 6.32. The van der Waals surface area contributed by atoms with Gasteiger partial charge in [0.1, 0.15) is 5.02 Å². The van der Waals surface area contributed by atoms with Crippen molar-refractivity contribution in [1.29, 1.82) is 0 Å². The molecule has 0 saturated heterocycles. The predicted octanol–water partition coefficient (Wildman–Crippen LogP) is 1.61. The van der Waals surface area contributed by atoms with Crippen molar-refractivity contribution >= 4 is 17.3 Å². The molecule has 0 spiro atoms. The molecule has 0 unspecified atom stereocenters. The predicted molar refractivity (Wildman–Crippen MR) is 58.6 cm³/mol. The molecule has 0 aromatic carbocycles. The van der Waals surface area contributed by atoms with Crippen molar-refractivity contribution in [3.63, 3.8) is 0 Å². The molecule has 7 nitrogen and oxygen atoms in total. The molecular weight excluding hydrogens is 234 g/mol. The van der Waals surface area contributed by atoms with Crippen LogP contribution >= 0.6 is 11.6 Å². The minimum atomic E-state index is -0.496. The van der Waals surface area contributed by atoms with Crippen LogP contribution in [0.1, 0.15) is 12.8 Å². The van der Waals surface area contributed by atoms with Crippen LogP contribution in [0.2, 0.25) is 5.02 Å². The van der Waals surface area contributed by atoms with E-state index in [9.17, 15) is 4.79 Å². The molecule has 0 bridgehead atoms. The van der Waals surface area contributed by atoms with Crippen LogP contribution in [-0.2, 0) is 6.54 Å². The topological polar surface area (TPSA) is 104 Å². The highest BCUT2D eigenvalue weighted by Gasteiger charge is 2.07. The van der Waals surface area contributed by atoms with Crippen LogP contribution < -0.4 is 5.56 Å². The van der Waals surface area contributed by atoms with Crippen LogP contribution in [0.25, 0.3) is 10.4 Å². The lowest BCUT2D eigenvalue weighted by Crippen LogP contribution is -2.23. The number of halogens is 1. The summed E-state index contributed by atoms with van der Waals surface area (Å²) in [6.07, 6.45) is 2.45. The Kier molecular flexibility index (Phi) is 4.78. The van der Waals surface area contributed by atoms with E-state index in [1.165, 1.54) is 10.9 Å². The van der Waals surface area contributed by atoms with E-state index in [4.69, 9.17) is 22.2 Å². The maximum absolute atomic E-state index is 11.6. The number of aliphatic hydroxyl groups is 1. The molecule has 1 rings (SSSR count). The van der Waals surface area contributed by atoms with E-state index in [0.29, 0.717) is 19.4 Å². The van der Waals surface area contributed by atoms with Crippen molar-refractivity contribution in [3.8, 4) is 0 Å². The maximum Gasteiger partial charge on any atom is 0.285 e. The first-order valence-corrected chi connectivity index (χ1v) is 5.00. The molecule has 0 fully saturated rings. The lowest BCUT2D eigenvalue weighted by Gasteiger charge is -2.04. The standard InChI is InChI=1S/C8H10ClN5O2/c9-7-6(12-13-10)5-11-14(8(7)16)3-1-2-4-15/h5,15H,1-4H2. The Morgan fingerprint density at radius 1 is 1.62 bits per heavy atom. The SMILES string of the molecule is [N-]=[N+]=Nc1cnn(CCCCO)c(=O)c1Cl. The second-order valence-electron chi connectivity index (χ2n) is 2.99. The second-order valence-corrected chi connectivity index (χ2v) is 3.37. The van der Waals surface area contributed by atoms with Gasteiger partial charge in [0.2, 0.25) is 0 Å². The maximum atomic E-state index is 11.6. The van der Waals surface area contributed by atoms with E-state index in [2.05, 4.69) is 15.1 Å². The van der Waals surface area contributed by atoms with Crippen molar-refractivity contribution in [2.75, 3.05) is 6.61 Å². The van der Waals surface area contributed by atoms with Gasteiger partial charge in [-0.25, -0.2) is 4.68 Å². The molecule has 1 heterocycles. The van der Waals surface area contributed by atoms with Gasteiger partial charge in [-0.15, -0.1) is 0 Å². The Morgan fingerprint density at radius 3 is 3.00 bits per heavy atom.